The molecule has 0 unspecified atom stereocenters. The fraction of sp³-hybridized carbons (Fsp3) is 0.429. The van der Waals surface area contributed by atoms with E-state index in [0.717, 1.165) is 35.5 Å². The van der Waals surface area contributed by atoms with E-state index in [4.69, 9.17) is 16.6 Å². The molecule has 0 amide bonds. The van der Waals surface area contributed by atoms with E-state index in [1.807, 2.05) is 43.4 Å². The number of guanidine groups is 1. The first kappa shape index (κ1) is 19.5. The number of benzene rings is 1. The maximum atomic E-state index is 6.18. The van der Waals surface area contributed by atoms with Gasteiger partial charge in [-0.15, -0.1) is 0 Å². The third kappa shape index (κ3) is 5.13. The molecule has 5 nitrogen and oxygen atoms in total. The van der Waals surface area contributed by atoms with Gasteiger partial charge in [-0.3, -0.25) is 0 Å². The Bertz CT molecular complexity index is 799. The molecule has 6 heteroatoms. The number of anilines is 1. The average molecular weight is 386 g/mol. The van der Waals surface area contributed by atoms with Crippen LogP contribution in [0.2, 0.25) is 5.02 Å². The summed E-state index contributed by atoms with van der Waals surface area (Å²) in [7, 11) is 3.98. The fourth-order valence-electron chi connectivity index (χ4n) is 3.11. The van der Waals surface area contributed by atoms with Crippen molar-refractivity contribution in [1.82, 2.24) is 15.6 Å². The van der Waals surface area contributed by atoms with Gasteiger partial charge >= 0.3 is 0 Å². The van der Waals surface area contributed by atoms with Crippen molar-refractivity contribution in [1.29, 1.82) is 0 Å². The third-order valence-corrected chi connectivity index (χ3v) is 5.15. The lowest BCUT2D eigenvalue weighted by Gasteiger charge is -2.19. The van der Waals surface area contributed by atoms with Crippen molar-refractivity contribution in [3.05, 3.63) is 58.7 Å². The maximum Gasteiger partial charge on any atom is 0.191 e. The largest absolute Gasteiger partial charge is 0.363 e. The first-order valence-electron chi connectivity index (χ1n) is 9.43. The number of pyridine rings is 1. The topological polar surface area (TPSA) is 52.6 Å². The van der Waals surface area contributed by atoms with E-state index in [1.54, 1.807) is 0 Å². The Kier molecular flexibility index (Phi) is 6.22. The number of nitrogens with zero attached hydrogens (tertiary/aromatic N) is 3. The summed E-state index contributed by atoms with van der Waals surface area (Å²) in [6.07, 6.45) is 4.19. The van der Waals surface area contributed by atoms with Gasteiger partial charge in [0.2, 0.25) is 0 Å². The Morgan fingerprint density at radius 2 is 2.04 bits per heavy atom. The molecule has 1 aromatic carbocycles. The zero-order valence-corrected chi connectivity index (χ0v) is 17.1. The van der Waals surface area contributed by atoms with Crippen LogP contribution < -0.4 is 15.5 Å². The zero-order chi connectivity index (χ0) is 19.3. The first-order chi connectivity index (χ1) is 13.0. The van der Waals surface area contributed by atoms with Crippen molar-refractivity contribution >= 4 is 23.4 Å². The summed E-state index contributed by atoms with van der Waals surface area (Å²) in [6.45, 7) is 4.38. The number of rotatable bonds is 7. The molecule has 1 fully saturated rings. The van der Waals surface area contributed by atoms with Gasteiger partial charge in [0, 0.05) is 43.8 Å². The highest BCUT2D eigenvalue weighted by atomic mass is 35.5. The maximum absolute atomic E-state index is 6.18. The van der Waals surface area contributed by atoms with E-state index in [1.165, 1.54) is 18.4 Å². The van der Waals surface area contributed by atoms with E-state index in [0.29, 0.717) is 6.54 Å². The molecule has 27 heavy (non-hydrogen) atoms. The van der Waals surface area contributed by atoms with Crippen LogP contribution in [0.5, 0.6) is 0 Å². The Morgan fingerprint density at radius 3 is 2.70 bits per heavy atom. The molecule has 0 atom stereocenters. The summed E-state index contributed by atoms with van der Waals surface area (Å²) in [6, 6.07) is 12.3. The van der Waals surface area contributed by atoms with Crippen LogP contribution in [-0.4, -0.2) is 38.1 Å². The van der Waals surface area contributed by atoms with Crippen LogP contribution in [0, 0.1) is 0 Å². The summed E-state index contributed by atoms with van der Waals surface area (Å²) < 4.78 is 0. The number of hydrogen-bond acceptors (Lipinski definition) is 3. The van der Waals surface area contributed by atoms with Crippen LogP contribution in [-0.2, 0) is 12.0 Å². The van der Waals surface area contributed by atoms with Crippen LogP contribution in [0.1, 0.15) is 30.9 Å². The number of nitrogens with one attached hydrogen (secondary N) is 2. The van der Waals surface area contributed by atoms with Crippen molar-refractivity contribution in [3.8, 4) is 0 Å². The Labute approximate surface area is 166 Å². The number of hydrogen-bond donors (Lipinski definition) is 2. The highest BCUT2D eigenvalue weighted by Gasteiger charge is 2.44. The minimum Gasteiger partial charge on any atom is -0.363 e. The molecule has 2 N–H and O–H groups in total. The van der Waals surface area contributed by atoms with Gasteiger partial charge in [-0.05, 0) is 55.2 Å². The molecule has 0 spiro atoms. The standard InChI is InChI=1S/C21H28ClN5/c1-4-23-20(25-14-16-8-11-24-19(12-16)27(2)3)26-15-21(9-10-21)17-6-5-7-18(22)13-17/h5-8,11-13H,4,9-10,14-15H2,1-3H3,(H2,23,25,26). The molecule has 1 aromatic heterocycles. The van der Waals surface area contributed by atoms with E-state index in [-0.39, 0.29) is 5.41 Å². The highest BCUT2D eigenvalue weighted by Crippen LogP contribution is 2.48. The quantitative estimate of drug-likeness (QED) is 0.565. The average Bonchev–Trinajstić information content (AvgIpc) is 3.45. The summed E-state index contributed by atoms with van der Waals surface area (Å²) in [5.41, 5.74) is 2.63. The Morgan fingerprint density at radius 1 is 1.22 bits per heavy atom. The van der Waals surface area contributed by atoms with Crippen LogP contribution in [0.15, 0.2) is 47.6 Å². The first-order valence-corrected chi connectivity index (χ1v) is 9.81. The molecule has 0 saturated heterocycles. The molecule has 3 rings (SSSR count). The van der Waals surface area contributed by atoms with E-state index >= 15 is 0 Å². The minimum atomic E-state index is 0.176. The second-order valence-corrected chi connectivity index (χ2v) is 7.69. The van der Waals surface area contributed by atoms with Gasteiger partial charge in [-0.1, -0.05) is 23.7 Å². The lowest BCUT2D eigenvalue weighted by atomic mass is 9.96. The molecule has 1 saturated carbocycles. The van der Waals surface area contributed by atoms with Crippen LogP contribution in [0.4, 0.5) is 5.82 Å². The number of aliphatic imine (C=N–C) groups is 1. The zero-order valence-electron chi connectivity index (χ0n) is 16.3. The third-order valence-electron chi connectivity index (χ3n) is 4.92. The van der Waals surface area contributed by atoms with Gasteiger partial charge in [-0.25, -0.2) is 9.98 Å². The molecule has 144 valence electrons. The smallest absolute Gasteiger partial charge is 0.191 e. The molecular weight excluding hydrogens is 358 g/mol. The molecule has 1 heterocycles. The van der Waals surface area contributed by atoms with Gasteiger partial charge in [0.05, 0.1) is 6.54 Å². The summed E-state index contributed by atoms with van der Waals surface area (Å²) >= 11 is 6.18. The van der Waals surface area contributed by atoms with Crippen molar-refractivity contribution in [2.75, 3.05) is 32.1 Å². The summed E-state index contributed by atoms with van der Waals surface area (Å²) in [5.74, 6) is 1.78. The summed E-state index contributed by atoms with van der Waals surface area (Å²) in [5, 5.41) is 7.66. The highest BCUT2D eigenvalue weighted by molar-refractivity contribution is 6.30. The molecule has 0 bridgehead atoms. The molecule has 1 aliphatic carbocycles. The SMILES string of the molecule is CCNC(=NCc1ccnc(N(C)C)c1)NCC1(c2cccc(Cl)c2)CC1. The predicted octanol–water partition coefficient (Wildman–Crippen LogP) is 3.59. The summed E-state index contributed by atoms with van der Waals surface area (Å²) in [4.78, 5) is 11.1. The van der Waals surface area contributed by atoms with Gasteiger partial charge in [-0.2, -0.15) is 0 Å². The van der Waals surface area contributed by atoms with Crippen molar-refractivity contribution in [3.63, 3.8) is 0 Å². The Hall–Kier alpha value is -2.27. The molecule has 0 aliphatic heterocycles. The molecule has 1 aliphatic rings. The van der Waals surface area contributed by atoms with Crippen LogP contribution in [0.3, 0.4) is 0 Å². The normalized spacial score (nSPS) is 15.3. The van der Waals surface area contributed by atoms with Crippen molar-refractivity contribution < 1.29 is 0 Å². The molecule has 2 aromatic rings. The van der Waals surface area contributed by atoms with Gasteiger partial charge < -0.3 is 15.5 Å². The van der Waals surface area contributed by atoms with Crippen LogP contribution >= 0.6 is 11.6 Å². The lowest BCUT2D eigenvalue weighted by Crippen LogP contribution is -2.41. The van der Waals surface area contributed by atoms with Gasteiger partial charge in [0.25, 0.3) is 0 Å². The monoisotopic (exact) mass is 385 g/mol. The van der Waals surface area contributed by atoms with Crippen molar-refractivity contribution in [2.45, 2.75) is 31.7 Å². The minimum absolute atomic E-state index is 0.176. The molecular formula is C21H28ClN5. The van der Waals surface area contributed by atoms with E-state index in [9.17, 15) is 0 Å². The lowest BCUT2D eigenvalue weighted by molar-refractivity contribution is 0.646. The fourth-order valence-corrected chi connectivity index (χ4v) is 3.30. The Balaban J connectivity index is 1.65. The van der Waals surface area contributed by atoms with E-state index in [2.05, 4.69) is 40.7 Å². The van der Waals surface area contributed by atoms with Gasteiger partial charge in [0.15, 0.2) is 5.96 Å². The second kappa shape index (κ2) is 8.61. The number of aromatic nitrogens is 1. The number of halogens is 1. The molecule has 0 radical (unpaired) electrons. The predicted molar refractivity (Wildman–Crippen MR) is 114 cm³/mol. The van der Waals surface area contributed by atoms with Gasteiger partial charge in [0.1, 0.15) is 5.82 Å². The van der Waals surface area contributed by atoms with Crippen LogP contribution in [0.25, 0.3) is 0 Å². The second-order valence-electron chi connectivity index (χ2n) is 7.26. The van der Waals surface area contributed by atoms with Crippen molar-refractivity contribution in [2.24, 2.45) is 4.99 Å². The van der Waals surface area contributed by atoms with E-state index < -0.39 is 0 Å².